The molecule has 0 fully saturated rings. The Morgan fingerprint density at radius 3 is 2.82 bits per heavy atom. The molecule has 6 heteroatoms. The molecule has 1 aromatic carbocycles. The van der Waals surface area contributed by atoms with Crippen LogP contribution in [-0.2, 0) is 9.53 Å². The van der Waals surface area contributed by atoms with E-state index >= 15 is 0 Å². The molecular weight excluding hydrogens is 302 g/mol. The van der Waals surface area contributed by atoms with E-state index in [9.17, 15) is 14.9 Å². The second-order valence-corrected chi connectivity index (χ2v) is 5.68. The molecule has 2 rings (SSSR count). The molecule has 0 bridgehead atoms. The van der Waals surface area contributed by atoms with Crippen LogP contribution in [0.2, 0.25) is 0 Å². The van der Waals surface area contributed by atoms with E-state index in [0.717, 1.165) is 10.4 Å². The van der Waals surface area contributed by atoms with E-state index in [1.807, 2.05) is 18.4 Å². The number of benzene rings is 1. The average Bonchev–Trinajstić information content (AvgIpc) is 2.90. The highest BCUT2D eigenvalue weighted by Gasteiger charge is 2.13. The van der Waals surface area contributed by atoms with E-state index in [2.05, 4.69) is 0 Å². The molecule has 1 heterocycles. The molecule has 0 saturated carbocycles. The number of aryl methyl sites for hydroxylation is 1. The van der Waals surface area contributed by atoms with Gasteiger partial charge < -0.3 is 4.74 Å². The van der Waals surface area contributed by atoms with Crippen LogP contribution in [0.25, 0.3) is 6.08 Å². The third-order valence-corrected chi connectivity index (χ3v) is 4.10. The number of carbonyl (C=O) groups is 1. The van der Waals surface area contributed by atoms with Gasteiger partial charge in [0.05, 0.1) is 4.92 Å². The van der Waals surface area contributed by atoms with Crippen molar-refractivity contribution in [2.24, 2.45) is 0 Å². The zero-order valence-corrected chi connectivity index (χ0v) is 13.0. The summed E-state index contributed by atoms with van der Waals surface area (Å²) < 4.78 is 5.27. The number of rotatable bonds is 5. The molecule has 0 spiro atoms. The summed E-state index contributed by atoms with van der Waals surface area (Å²) in [6.07, 6.45) is 2.52. The number of nitro benzene ring substituents is 1. The minimum atomic E-state index is -0.554. The van der Waals surface area contributed by atoms with Gasteiger partial charge in [0.1, 0.15) is 6.10 Å². The van der Waals surface area contributed by atoms with Gasteiger partial charge in [-0.15, -0.1) is 11.3 Å². The predicted octanol–water partition coefficient (Wildman–Crippen LogP) is 4.28. The lowest BCUT2D eigenvalue weighted by Crippen LogP contribution is -2.06. The van der Waals surface area contributed by atoms with Gasteiger partial charge in [-0.25, -0.2) is 4.79 Å². The molecule has 0 aliphatic carbocycles. The van der Waals surface area contributed by atoms with Crippen LogP contribution in [-0.4, -0.2) is 10.9 Å². The smallest absolute Gasteiger partial charge is 0.331 e. The van der Waals surface area contributed by atoms with Gasteiger partial charge in [-0.2, -0.15) is 0 Å². The Morgan fingerprint density at radius 1 is 1.41 bits per heavy atom. The van der Waals surface area contributed by atoms with E-state index in [1.165, 1.54) is 18.2 Å². The standard InChI is InChI=1S/C16H15NO4S/c1-11-8-9-22-15(11)6-7-16(18)21-12(2)13-4-3-5-14(10-13)17(19)20/h3-10,12H,1-2H3/b7-6+/t12-/m0/s1. The number of ether oxygens (including phenoxy) is 1. The van der Waals surface area contributed by atoms with Gasteiger partial charge in [0.2, 0.25) is 0 Å². The second-order valence-electron chi connectivity index (χ2n) is 4.73. The topological polar surface area (TPSA) is 69.4 Å². The summed E-state index contributed by atoms with van der Waals surface area (Å²) in [6.45, 7) is 3.65. The largest absolute Gasteiger partial charge is 0.455 e. The molecule has 0 radical (unpaired) electrons. The van der Waals surface area contributed by atoms with Gasteiger partial charge in [0.25, 0.3) is 5.69 Å². The summed E-state index contributed by atoms with van der Waals surface area (Å²) in [5.74, 6) is -0.480. The summed E-state index contributed by atoms with van der Waals surface area (Å²) in [5, 5.41) is 12.7. The van der Waals surface area contributed by atoms with Crippen molar-refractivity contribution in [3.8, 4) is 0 Å². The number of thiophene rings is 1. The first-order chi connectivity index (χ1) is 10.5. The Morgan fingerprint density at radius 2 is 2.18 bits per heavy atom. The number of nitrogens with zero attached hydrogens (tertiary/aromatic N) is 1. The van der Waals surface area contributed by atoms with Crippen LogP contribution in [0.15, 0.2) is 41.8 Å². The fourth-order valence-electron chi connectivity index (χ4n) is 1.87. The van der Waals surface area contributed by atoms with Crippen LogP contribution < -0.4 is 0 Å². The van der Waals surface area contributed by atoms with Gasteiger partial charge in [-0.3, -0.25) is 10.1 Å². The maximum absolute atomic E-state index is 11.8. The van der Waals surface area contributed by atoms with E-state index < -0.39 is 17.0 Å². The lowest BCUT2D eigenvalue weighted by Gasteiger charge is -2.11. The summed E-state index contributed by atoms with van der Waals surface area (Å²) >= 11 is 1.54. The van der Waals surface area contributed by atoms with Gasteiger partial charge in [-0.1, -0.05) is 12.1 Å². The van der Waals surface area contributed by atoms with Crippen LogP contribution in [0, 0.1) is 17.0 Å². The molecule has 0 N–H and O–H groups in total. The van der Waals surface area contributed by atoms with Gasteiger partial charge in [-0.05, 0) is 42.5 Å². The maximum Gasteiger partial charge on any atom is 0.331 e. The van der Waals surface area contributed by atoms with Crippen LogP contribution in [0.5, 0.6) is 0 Å². The normalized spacial score (nSPS) is 12.3. The summed E-state index contributed by atoms with van der Waals surface area (Å²) in [5.41, 5.74) is 1.66. The highest BCUT2D eigenvalue weighted by atomic mass is 32.1. The highest BCUT2D eigenvalue weighted by molar-refractivity contribution is 7.11. The third-order valence-electron chi connectivity index (χ3n) is 3.12. The fourth-order valence-corrected chi connectivity index (χ4v) is 2.69. The molecule has 1 aromatic heterocycles. The first-order valence-electron chi connectivity index (χ1n) is 6.64. The number of hydrogen-bond acceptors (Lipinski definition) is 5. The van der Waals surface area contributed by atoms with Crippen molar-refractivity contribution in [3.05, 3.63) is 67.9 Å². The van der Waals surface area contributed by atoms with E-state index in [0.29, 0.717) is 5.56 Å². The van der Waals surface area contributed by atoms with Crippen molar-refractivity contribution >= 4 is 29.1 Å². The van der Waals surface area contributed by atoms with Crippen molar-refractivity contribution in [1.29, 1.82) is 0 Å². The first-order valence-corrected chi connectivity index (χ1v) is 7.52. The van der Waals surface area contributed by atoms with Crippen LogP contribution in [0.4, 0.5) is 5.69 Å². The number of non-ortho nitro benzene ring substituents is 1. The van der Waals surface area contributed by atoms with Crippen LogP contribution >= 0.6 is 11.3 Å². The Balaban J connectivity index is 2.02. The molecule has 1 atom stereocenters. The lowest BCUT2D eigenvalue weighted by molar-refractivity contribution is -0.385. The molecule has 0 amide bonds. The van der Waals surface area contributed by atoms with E-state index in [1.54, 1.807) is 36.5 Å². The van der Waals surface area contributed by atoms with Crippen molar-refractivity contribution in [3.63, 3.8) is 0 Å². The van der Waals surface area contributed by atoms with Gasteiger partial charge in [0.15, 0.2) is 0 Å². The number of carbonyl (C=O) groups excluding carboxylic acids is 1. The number of esters is 1. The molecule has 22 heavy (non-hydrogen) atoms. The Bertz CT molecular complexity index is 720. The Hall–Kier alpha value is -2.47. The zero-order chi connectivity index (χ0) is 16.1. The van der Waals surface area contributed by atoms with Crippen LogP contribution in [0.1, 0.15) is 29.0 Å². The van der Waals surface area contributed by atoms with Crippen molar-refractivity contribution in [2.45, 2.75) is 20.0 Å². The maximum atomic E-state index is 11.8. The molecule has 0 aliphatic heterocycles. The molecule has 0 aliphatic rings. The summed E-state index contributed by atoms with van der Waals surface area (Å²) in [4.78, 5) is 23.1. The fraction of sp³-hybridized carbons (Fsp3) is 0.188. The second kappa shape index (κ2) is 7.00. The zero-order valence-electron chi connectivity index (χ0n) is 12.2. The average molecular weight is 317 g/mol. The van der Waals surface area contributed by atoms with E-state index in [4.69, 9.17) is 4.74 Å². The monoisotopic (exact) mass is 317 g/mol. The number of nitro groups is 1. The highest BCUT2D eigenvalue weighted by Crippen LogP contribution is 2.22. The molecular formula is C16H15NO4S. The first kappa shape index (κ1) is 15.9. The van der Waals surface area contributed by atoms with Gasteiger partial charge >= 0.3 is 5.97 Å². The van der Waals surface area contributed by atoms with Crippen LogP contribution in [0.3, 0.4) is 0 Å². The van der Waals surface area contributed by atoms with Crippen molar-refractivity contribution in [1.82, 2.24) is 0 Å². The lowest BCUT2D eigenvalue weighted by atomic mass is 10.1. The Labute approximate surface area is 132 Å². The van der Waals surface area contributed by atoms with Gasteiger partial charge in [0, 0.05) is 23.1 Å². The quantitative estimate of drug-likeness (QED) is 0.357. The minimum Gasteiger partial charge on any atom is -0.455 e. The minimum absolute atomic E-state index is 0.0230. The SMILES string of the molecule is Cc1ccsc1/C=C/C(=O)O[C@@H](C)c1cccc([N+](=O)[O-])c1. The predicted molar refractivity (Wildman–Crippen MR) is 85.7 cm³/mol. The molecule has 2 aromatic rings. The molecule has 0 unspecified atom stereocenters. The Kier molecular flexibility index (Phi) is 5.06. The summed E-state index contributed by atoms with van der Waals surface area (Å²) in [7, 11) is 0. The summed E-state index contributed by atoms with van der Waals surface area (Å²) in [6, 6.07) is 8.05. The van der Waals surface area contributed by atoms with Crippen molar-refractivity contribution in [2.75, 3.05) is 0 Å². The molecule has 0 saturated heterocycles. The molecule has 114 valence electrons. The van der Waals surface area contributed by atoms with E-state index in [-0.39, 0.29) is 5.69 Å². The molecule has 5 nitrogen and oxygen atoms in total. The number of hydrogen-bond donors (Lipinski definition) is 0. The van der Waals surface area contributed by atoms with Crippen molar-refractivity contribution < 1.29 is 14.5 Å². The third kappa shape index (κ3) is 4.02.